The fraction of sp³-hybridized carbons (Fsp3) is 0.300. The van der Waals surface area contributed by atoms with Gasteiger partial charge < -0.3 is 0 Å². The summed E-state index contributed by atoms with van der Waals surface area (Å²) in [6, 6.07) is 5.64. The van der Waals surface area contributed by atoms with Crippen LogP contribution in [-0.2, 0) is 5.75 Å². The van der Waals surface area contributed by atoms with Crippen molar-refractivity contribution >= 4 is 35.0 Å². The number of benzene rings is 1. The van der Waals surface area contributed by atoms with Crippen LogP contribution in [0.2, 0.25) is 10.0 Å². The molecule has 13 heavy (non-hydrogen) atoms. The van der Waals surface area contributed by atoms with Crippen LogP contribution in [0, 0.1) is 6.92 Å². The van der Waals surface area contributed by atoms with E-state index in [0.717, 1.165) is 17.9 Å². The molecule has 0 saturated carbocycles. The number of hydrogen-bond donors (Lipinski definition) is 0. The van der Waals surface area contributed by atoms with Crippen molar-refractivity contribution in [2.45, 2.75) is 12.2 Å². The van der Waals surface area contributed by atoms with Crippen molar-refractivity contribution in [2.24, 2.45) is 0 Å². The fourth-order valence-corrected chi connectivity index (χ4v) is 2.31. The predicted octanol–water partition coefficient (Wildman–Crippen LogP) is 4.45. The molecule has 0 heterocycles. The van der Waals surface area contributed by atoms with E-state index < -0.39 is 0 Å². The number of hydrogen-bond acceptors (Lipinski definition) is 1. The minimum atomic E-state index is 0.706. The van der Waals surface area contributed by atoms with E-state index in [1.54, 1.807) is 6.07 Å². The quantitative estimate of drug-likeness (QED) is 0.693. The highest BCUT2D eigenvalue weighted by Gasteiger charge is 1.97. The molecule has 1 aromatic carbocycles. The van der Waals surface area contributed by atoms with E-state index in [2.05, 4.69) is 6.92 Å². The second kappa shape index (κ2) is 5.79. The maximum atomic E-state index is 5.86. The number of rotatable bonds is 4. The maximum absolute atomic E-state index is 5.86. The molecule has 0 nitrogen and oxygen atoms in total. The van der Waals surface area contributed by atoms with E-state index in [1.807, 2.05) is 23.9 Å². The summed E-state index contributed by atoms with van der Waals surface area (Å²) in [4.78, 5) is 0. The molecule has 0 aliphatic rings. The van der Waals surface area contributed by atoms with Gasteiger partial charge in [0.1, 0.15) is 0 Å². The molecule has 1 aromatic rings. The topological polar surface area (TPSA) is 0 Å². The molecule has 0 bridgehead atoms. The van der Waals surface area contributed by atoms with Gasteiger partial charge in [0, 0.05) is 15.8 Å². The highest BCUT2D eigenvalue weighted by Crippen LogP contribution is 2.22. The van der Waals surface area contributed by atoms with Crippen LogP contribution in [0.25, 0.3) is 0 Å². The Morgan fingerprint density at radius 1 is 1.15 bits per heavy atom. The van der Waals surface area contributed by atoms with Crippen molar-refractivity contribution in [2.75, 3.05) is 5.75 Å². The Bertz CT molecular complexity index is 253. The van der Waals surface area contributed by atoms with Crippen LogP contribution < -0.4 is 0 Å². The molecule has 1 radical (unpaired) electrons. The highest BCUT2D eigenvalue weighted by molar-refractivity contribution is 7.98. The van der Waals surface area contributed by atoms with Crippen molar-refractivity contribution in [3.63, 3.8) is 0 Å². The summed E-state index contributed by atoms with van der Waals surface area (Å²) in [5.41, 5.74) is 1.18. The Morgan fingerprint density at radius 2 is 1.77 bits per heavy atom. The van der Waals surface area contributed by atoms with Crippen molar-refractivity contribution in [3.8, 4) is 0 Å². The van der Waals surface area contributed by atoms with Gasteiger partial charge in [0.15, 0.2) is 0 Å². The minimum absolute atomic E-state index is 0.706. The zero-order valence-electron chi connectivity index (χ0n) is 7.22. The third-order valence-electron chi connectivity index (χ3n) is 1.48. The van der Waals surface area contributed by atoms with Gasteiger partial charge in [-0.05, 0) is 35.9 Å². The van der Waals surface area contributed by atoms with Gasteiger partial charge in [-0.2, -0.15) is 11.8 Å². The standard InChI is InChI=1S/C10H11Cl2S/c1-2-3-13-7-8-4-9(11)6-10(12)5-8/h4-6H,1-3,7H2. The highest BCUT2D eigenvalue weighted by atomic mass is 35.5. The lowest BCUT2D eigenvalue weighted by Crippen LogP contribution is -1.82. The molecule has 71 valence electrons. The van der Waals surface area contributed by atoms with Crippen LogP contribution in [-0.4, -0.2) is 5.75 Å². The van der Waals surface area contributed by atoms with Crippen LogP contribution >= 0.6 is 35.0 Å². The summed E-state index contributed by atoms with van der Waals surface area (Å²) in [6.07, 6.45) is 0.957. The fourth-order valence-electron chi connectivity index (χ4n) is 0.986. The molecule has 3 heteroatoms. The van der Waals surface area contributed by atoms with Crippen LogP contribution in [0.5, 0.6) is 0 Å². The van der Waals surface area contributed by atoms with Gasteiger partial charge >= 0.3 is 0 Å². The Kier molecular flexibility index (Phi) is 5.00. The van der Waals surface area contributed by atoms with Gasteiger partial charge in [-0.15, -0.1) is 0 Å². The molecule has 1 rings (SSSR count). The van der Waals surface area contributed by atoms with Gasteiger partial charge in [-0.3, -0.25) is 0 Å². The molecular formula is C10H11Cl2S. The first-order valence-corrected chi connectivity index (χ1v) is 5.95. The van der Waals surface area contributed by atoms with E-state index >= 15 is 0 Å². The molecule has 0 amide bonds. The second-order valence-corrected chi connectivity index (χ2v) is 4.66. The predicted molar refractivity (Wildman–Crippen MR) is 62.6 cm³/mol. The summed E-state index contributed by atoms with van der Waals surface area (Å²) in [5, 5.41) is 1.41. The Balaban J connectivity index is 2.56. The minimum Gasteiger partial charge on any atom is -0.157 e. The molecule has 0 aromatic heterocycles. The summed E-state index contributed by atoms with van der Waals surface area (Å²) in [6.45, 7) is 3.78. The summed E-state index contributed by atoms with van der Waals surface area (Å²) in [7, 11) is 0. The van der Waals surface area contributed by atoms with Crippen LogP contribution in [0.1, 0.15) is 12.0 Å². The maximum Gasteiger partial charge on any atom is 0.0423 e. The molecule has 0 spiro atoms. The molecule has 0 saturated heterocycles. The van der Waals surface area contributed by atoms with E-state index in [9.17, 15) is 0 Å². The Hall–Kier alpha value is 0.150. The second-order valence-electron chi connectivity index (χ2n) is 2.68. The van der Waals surface area contributed by atoms with Gasteiger partial charge in [0.2, 0.25) is 0 Å². The van der Waals surface area contributed by atoms with Crippen molar-refractivity contribution in [1.82, 2.24) is 0 Å². The van der Waals surface area contributed by atoms with Gasteiger partial charge in [-0.1, -0.05) is 30.1 Å². The summed E-state index contributed by atoms with van der Waals surface area (Å²) < 4.78 is 0. The molecule has 0 unspecified atom stereocenters. The average molecular weight is 234 g/mol. The summed E-state index contributed by atoms with van der Waals surface area (Å²) >= 11 is 13.6. The molecule has 0 aliphatic heterocycles. The largest absolute Gasteiger partial charge is 0.157 e. The molecule has 0 N–H and O–H groups in total. The lowest BCUT2D eigenvalue weighted by Gasteiger charge is -2.02. The average Bonchev–Trinajstić information content (AvgIpc) is 2.03. The Morgan fingerprint density at radius 3 is 2.31 bits per heavy atom. The van der Waals surface area contributed by atoms with Crippen LogP contribution in [0.3, 0.4) is 0 Å². The monoisotopic (exact) mass is 233 g/mol. The van der Waals surface area contributed by atoms with Gasteiger partial charge in [-0.25, -0.2) is 0 Å². The number of thioether (sulfide) groups is 1. The van der Waals surface area contributed by atoms with E-state index in [-0.39, 0.29) is 0 Å². The molecular weight excluding hydrogens is 223 g/mol. The van der Waals surface area contributed by atoms with Gasteiger partial charge in [0.25, 0.3) is 0 Å². The first-order chi connectivity index (χ1) is 6.22. The first-order valence-electron chi connectivity index (χ1n) is 4.04. The molecule has 0 fully saturated rings. The van der Waals surface area contributed by atoms with Crippen molar-refractivity contribution < 1.29 is 0 Å². The first kappa shape index (κ1) is 11.2. The number of halogens is 2. The molecule has 0 aliphatic carbocycles. The van der Waals surface area contributed by atoms with Crippen molar-refractivity contribution in [3.05, 3.63) is 40.7 Å². The molecule has 0 atom stereocenters. The third kappa shape index (κ3) is 4.26. The zero-order chi connectivity index (χ0) is 9.68. The summed E-state index contributed by atoms with van der Waals surface area (Å²) in [5.74, 6) is 2.03. The third-order valence-corrected chi connectivity index (χ3v) is 3.03. The Labute approximate surface area is 93.6 Å². The van der Waals surface area contributed by atoms with E-state index in [0.29, 0.717) is 10.0 Å². The van der Waals surface area contributed by atoms with E-state index in [1.165, 1.54) is 5.56 Å². The smallest absolute Gasteiger partial charge is 0.0423 e. The normalized spacial score (nSPS) is 10.4. The SMILES string of the molecule is [CH2]CCSCc1cc(Cl)cc(Cl)c1. The lowest BCUT2D eigenvalue weighted by molar-refractivity contribution is 1.24. The zero-order valence-corrected chi connectivity index (χ0v) is 9.55. The van der Waals surface area contributed by atoms with E-state index in [4.69, 9.17) is 23.2 Å². The van der Waals surface area contributed by atoms with Crippen LogP contribution in [0.15, 0.2) is 18.2 Å². The lowest BCUT2D eigenvalue weighted by atomic mass is 10.2. The van der Waals surface area contributed by atoms with Crippen LogP contribution in [0.4, 0.5) is 0 Å². The van der Waals surface area contributed by atoms with Crippen molar-refractivity contribution in [1.29, 1.82) is 0 Å². The van der Waals surface area contributed by atoms with Gasteiger partial charge in [0.05, 0.1) is 0 Å².